The average molecular weight is 619 g/mol. The van der Waals surface area contributed by atoms with Crippen LogP contribution < -0.4 is 9.62 Å². The van der Waals surface area contributed by atoms with E-state index in [1.54, 1.807) is 42.5 Å². The summed E-state index contributed by atoms with van der Waals surface area (Å²) in [6.07, 6.45) is 5.32. The third kappa shape index (κ3) is 7.37. The smallest absolute Gasteiger partial charge is 0.244 e. The predicted octanol–water partition coefficient (Wildman–Crippen LogP) is 5.39. The van der Waals surface area contributed by atoms with Gasteiger partial charge in [0.1, 0.15) is 12.6 Å². The molecule has 3 rings (SSSR count). The second-order valence-electron chi connectivity index (χ2n) is 8.89. The Morgan fingerprint density at radius 3 is 2.39 bits per heavy atom. The molecule has 0 bridgehead atoms. The summed E-state index contributed by atoms with van der Waals surface area (Å²) in [5.74, 6) is -0.773. The van der Waals surface area contributed by atoms with E-state index in [9.17, 15) is 18.0 Å². The van der Waals surface area contributed by atoms with Crippen LogP contribution in [-0.2, 0) is 26.2 Å². The van der Waals surface area contributed by atoms with E-state index in [1.807, 2.05) is 6.92 Å². The number of sulfonamides is 1. The van der Waals surface area contributed by atoms with Crippen LogP contribution in [0.3, 0.4) is 0 Å². The summed E-state index contributed by atoms with van der Waals surface area (Å²) in [5.41, 5.74) is 0.939. The highest BCUT2D eigenvalue weighted by molar-refractivity contribution is 9.10. The number of carbonyl (C=O) groups excluding carboxylic acids is 2. The number of nitrogens with one attached hydrogen (secondary N) is 1. The highest BCUT2D eigenvalue weighted by Crippen LogP contribution is 2.29. The van der Waals surface area contributed by atoms with Crippen LogP contribution in [0.15, 0.2) is 46.9 Å². The Bertz CT molecular complexity index is 1210. The maximum atomic E-state index is 13.8. The molecule has 1 atom stereocenters. The molecule has 0 spiro atoms. The first-order valence-electron chi connectivity index (χ1n) is 11.8. The predicted molar refractivity (Wildman–Crippen MR) is 148 cm³/mol. The SMILES string of the molecule is CC[C@H](C(=O)NC1CCCC1)N(Cc1ccc(Cl)cc1Cl)C(=O)CN(c1ccccc1Br)S(C)(=O)=O. The van der Waals surface area contributed by atoms with Crippen molar-refractivity contribution in [2.24, 2.45) is 0 Å². The number of nitrogens with zero attached hydrogens (tertiary/aromatic N) is 2. The van der Waals surface area contributed by atoms with Crippen LogP contribution >= 0.6 is 39.1 Å². The molecule has 11 heteroatoms. The maximum absolute atomic E-state index is 13.8. The van der Waals surface area contributed by atoms with E-state index in [1.165, 1.54) is 4.90 Å². The van der Waals surface area contributed by atoms with Crippen LogP contribution in [0.4, 0.5) is 5.69 Å². The lowest BCUT2D eigenvalue weighted by Gasteiger charge is -2.33. The summed E-state index contributed by atoms with van der Waals surface area (Å²) in [6, 6.07) is 11.0. The van der Waals surface area contributed by atoms with Crippen LogP contribution in [-0.4, -0.2) is 50.0 Å². The van der Waals surface area contributed by atoms with Gasteiger partial charge in [-0.2, -0.15) is 0 Å². The van der Waals surface area contributed by atoms with Gasteiger partial charge in [-0.1, -0.05) is 61.2 Å². The summed E-state index contributed by atoms with van der Waals surface area (Å²) in [4.78, 5) is 28.5. The number of rotatable bonds is 10. The molecular formula is C25H30BrCl2N3O4S. The molecule has 7 nitrogen and oxygen atoms in total. The van der Waals surface area contributed by atoms with Gasteiger partial charge in [0.2, 0.25) is 21.8 Å². The third-order valence-electron chi connectivity index (χ3n) is 6.24. The Morgan fingerprint density at radius 1 is 1.14 bits per heavy atom. The van der Waals surface area contributed by atoms with Crippen molar-refractivity contribution < 1.29 is 18.0 Å². The highest BCUT2D eigenvalue weighted by Gasteiger charge is 2.33. The fourth-order valence-corrected chi connectivity index (χ4v) is 6.32. The lowest BCUT2D eigenvalue weighted by molar-refractivity contribution is -0.140. The molecule has 36 heavy (non-hydrogen) atoms. The Hall–Kier alpha value is -1.81. The fraction of sp³-hybridized carbons (Fsp3) is 0.440. The highest BCUT2D eigenvalue weighted by atomic mass is 79.9. The van der Waals surface area contributed by atoms with Crippen molar-refractivity contribution in [2.45, 2.75) is 57.7 Å². The van der Waals surface area contributed by atoms with E-state index < -0.39 is 28.5 Å². The van der Waals surface area contributed by atoms with Crippen molar-refractivity contribution in [3.8, 4) is 0 Å². The zero-order chi connectivity index (χ0) is 26.5. The molecule has 2 amide bonds. The monoisotopic (exact) mass is 617 g/mol. The van der Waals surface area contributed by atoms with E-state index in [0.29, 0.717) is 32.2 Å². The Morgan fingerprint density at radius 2 is 1.81 bits per heavy atom. The van der Waals surface area contributed by atoms with Crippen molar-refractivity contribution in [1.29, 1.82) is 0 Å². The van der Waals surface area contributed by atoms with Gasteiger partial charge in [-0.3, -0.25) is 13.9 Å². The fourth-order valence-electron chi connectivity index (χ4n) is 4.37. The number of hydrogen-bond acceptors (Lipinski definition) is 4. The molecule has 1 N–H and O–H groups in total. The van der Waals surface area contributed by atoms with Crippen LogP contribution in [0.5, 0.6) is 0 Å². The minimum Gasteiger partial charge on any atom is -0.352 e. The van der Waals surface area contributed by atoms with Gasteiger partial charge < -0.3 is 10.2 Å². The van der Waals surface area contributed by atoms with Crippen LogP contribution in [0.1, 0.15) is 44.6 Å². The lowest BCUT2D eigenvalue weighted by atomic mass is 10.1. The summed E-state index contributed by atoms with van der Waals surface area (Å²) in [5, 5.41) is 3.88. The average Bonchev–Trinajstić information content (AvgIpc) is 3.31. The van der Waals surface area contributed by atoms with Gasteiger partial charge in [0.05, 0.1) is 11.9 Å². The second kappa shape index (κ2) is 12.6. The molecule has 2 aromatic rings. The molecule has 0 unspecified atom stereocenters. The van der Waals surface area contributed by atoms with Crippen molar-refractivity contribution in [3.63, 3.8) is 0 Å². The van der Waals surface area contributed by atoms with E-state index in [4.69, 9.17) is 23.2 Å². The molecule has 0 heterocycles. The largest absolute Gasteiger partial charge is 0.352 e. The summed E-state index contributed by atoms with van der Waals surface area (Å²) < 4.78 is 27.0. The van der Waals surface area contributed by atoms with E-state index >= 15 is 0 Å². The summed E-state index contributed by atoms with van der Waals surface area (Å²) in [6.45, 7) is 1.38. The normalized spacial score (nSPS) is 14.9. The van der Waals surface area contributed by atoms with Gasteiger partial charge in [-0.15, -0.1) is 0 Å². The number of halogens is 3. The van der Waals surface area contributed by atoms with Gasteiger partial charge in [-0.05, 0) is 65.0 Å². The first-order chi connectivity index (χ1) is 17.0. The summed E-state index contributed by atoms with van der Waals surface area (Å²) in [7, 11) is -3.82. The first-order valence-corrected chi connectivity index (χ1v) is 15.2. The molecule has 1 fully saturated rings. The Labute approximate surface area is 231 Å². The molecule has 1 aliphatic rings. The van der Waals surface area contributed by atoms with Gasteiger partial charge >= 0.3 is 0 Å². The zero-order valence-electron chi connectivity index (χ0n) is 20.2. The Kier molecular flexibility index (Phi) is 10.1. The van der Waals surface area contributed by atoms with E-state index in [-0.39, 0.29) is 18.5 Å². The van der Waals surface area contributed by atoms with Crippen LogP contribution in [0.25, 0.3) is 0 Å². The molecule has 1 aliphatic carbocycles. The molecule has 2 aromatic carbocycles. The second-order valence-corrected chi connectivity index (χ2v) is 12.5. The number of carbonyl (C=O) groups is 2. The number of para-hydroxylation sites is 1. The molecule has 0 radical (unpaired) electrons. The topological polar surface area (TPSA) is 86.8 Å². The van der Waals surface area contributed by atoms with E-state index in [0.717, 1.165) is 36.2 Å². The standard InChI is InChI=1S/C25H30BrCl2N3O4S/c1-3-22(25(33)29-19-8-4-5-9-19)30(15-17-12-13-18(27)14-21(17)28)24(32)16-31(36(2,34)35)23-11-7-6-10-20(23)26/h6-7,10-14,19,22H,3-5,8-9,15-16H2,1-2H3,(H,29,33)/t22-/m1/s1. The minimum atomic E-state index is -3.82. The van der Waals surface area contributed by atoms with Gasteiger partial charge in [0, 0.05) is 27.1 Å². The van der Waals surface area contributed by atoms with Crippen LogP contribution in [0, 0.1) is 0 Å². The number of hydrogen-bond donors (Lipinski definition) is 1. The molecule has 1 saturated carbocycles. The quantitative estimate of drug-likeness (QED) is 0.387. The maximum Gasteiger partial charge on any atom is 0.244 e. The van der Waals surface area contributed by atoms with Gasteiger partial charge in [0.15, 0.2) is 0 Å². The van der Waals surface area contributed by atoms with Crippen molar-refractivity contribution in [2.75, 3.05) is 17.1 Å². The Balaban J connectivity index is 1.96. The number of benzene rings is 2. The van der Waals surface area contributed by atoms with Crippen molar-refractivity contribution in [3.05, 3.63) is 62.5 Å². The third-order valence-corrected chi connectivity index (χ3v) is 8.63. The molecular weight excluding hydrogens is 589 g/mol. The number of amides is 2. The molecule has 0 saturated heterocycles. The first kappa shape index (κ1) is 28.8. The molecule has 196 valence electrons. The molecule has 0 aliphatic heterocycles. The lowest BCUT2D eigenvalue weighted by Crippen LogP contribution is -2.53. The zero-order valence-corrected chi connectivity index (χ0v) is 24.1. The molecule has 0 aromatic heterocycles. The van der Waals surface area contributed by atoms with Gasteiger partial charge in [-0.25, -0.2) is 8.42 Å². The minimum absolute atomic E-state index is 0.0268. The van der Waals surface area contributed by atoms with Crippen molar-refractivity contribution in [1.82, 2.24) is 10.2 Å². The van der Waals surface area contributed by atoms with E-state index in [2.05, 4.69) is 21.2 Å². The van der Waals surface area contributed by atoms with Crippen molar-refractivity contribution >= 4 is 66.7 Å². The number of anilines is 1. The van der Waals surface area contributed by atoms with Gasteiger partial charge in [0.25, 0.3) is 0 Å². The summed E-state index contributed by atoms with van der Waals surface area (Å²) >= 11 is 15.8. The van der Waals surface area contributed by atoms with Crippen LogP contribution in [0.2, 0.25) is 10.0 Å².